The normalized spacial score (nSPS) is 12.5. The number of carbonyl (C=O) groups excluding carboxylic acids is 1. The molecule has 1 aromatic rings. The molecule has 0 fully saturated rings. The van der Waals surface area contributed by atoms with Gasteiger partial charge in [-0.15, -0.1) is 0 Å². The van der Waals surface area contributed by atoms with E-state index in [1.165, 1.54) is 5.56 Å². The van der Waals surface area contributed by atoms with Gasteiger partial charge < -0.3 is 10.4 Å². The fourth-order valence-corrected chi connectivity index (χ4v) is 2.01. The largest absolute Gasteiger partial charge is 0.396 e. The molecule has 2 N–H and O–H groups in total. The van der Waals surface area contributed by atoms with Crippen molar-refractivity contribution >= 4 is 5.91 Å². The summed E-state index contributed by atoms with van der Waals surface area (Å²) in [5, 5.41) is 11.5. The van der Waals surface area contributed by atoms with Crippen molar-refractivity contribution in [1.29, 1.82) is 0 Å². The summed E-state index contributed by atoms with van der Waals surface area (Å²) in [6.45, 7) is 6.95. The molecule has 106 valence electrons. The maximum absolute atomic E-state index is 11.9. The monoisotopic (exact) mass is 263 g/mol. The summed E-state index contributed by atoms with van der Waals surface area (Å²) in [5.41, 5.74) is 2.35. The molecule has 1 unspecified atom stereocenters. The van der Waals surface area contributed by atoms with Crippen molar-refractivity contribution in [2.24, 2.45) is 5.92 Å². The van der Waals surface area contributed by atoms with Crippen molar-refractivity contribution in [1.82, 2.24) is 5.32 Å². The van der Waals surface area contributed by atoms with Crippen molar-refractivity contribution in [3.63, 3.8) is 0 Å². The lowest BCUT2D eigenvalue weighted by atomic mass is 9.96. The zero-order valence-corrected chi connectivity index (χ0v) is 12.1. The van der Waals surface area contributed by atoms with Crippen LogP contribution in [0, 0.1) is 5.92 Å². The van der Waals surface area contributed by atoms with Crippen molar-refractivity contribution < 1.29 is 9.90 Å². The molecule has 0 aliphatic heterocycles. The zero-order chi connectivity index (χ0) is 14.3. The molecule has 0 aliphatic rings. The lowest BCUT2D eigenvalue weighted by molar-refractivity contribution is -0.122. The number of benzene rings is 1. The van der Waals surface area contributed by atoms with E-state index in [1.807, 2.05) is 19.1 Å². The molecule has 0 aliphatic carbocycles. The van der Waals surface area contributed by atoms with E-state index in [4.69, 9.17) is 5.11 Å². The standard InChI is InChI=1S/C16H25NO2/c1-12(2)11-14-5-7-15(8-6-14)13(3)16(19)17-9-4-10-18/h5-8,12-13,18H,4,9-11H2,1-3H3,(H,17,19). The number of hydrogen-bond donors (Lipinski definition) is 2. The van der Waals surface area contributed by atoms with Crippen LogP contribution in [0.15, 0.2) is 24.3 Å². The van der Waals surface area contributed by atoms with E-state index < -0.39 is 0 Å². The summed E-state index contributed by atoms with van der Waals surface area (Å²) in [6.07, 6.45) is 1.67. The number of rotatable bonds is 7. The lowest BCUT2D eigenvalue weighted by Crippen LogP contribution is -2.29. The van der Waals surface area contributed by atoms with Gasteiger partial charge in [0.25, 0.3) is 0 Å². The Morgan fingerprint density at radius 1 is 1.21 bits per heavy atom. The lowest BCUT2D eigenvalue weighted by Gasteiger charge is -2.13. The maximum atomic E-state index is 11.9. The first-order valence-electron chi connectivity index (χ1n) is 7.02. The predicted octanol–water partition coefficient (Wildman–Crippen LogP) is 2.49. The molecular weight excluding hydrogens is 238 g/mol. The van der Waals surface area contributed by atoms with Crippen LogP contribution in [0.1, 0.15) is 44.2 Å². The second-order valence-corrected chi connectivity index (χ2v) is 5.43. The van der Waals surface area contributed by atoms with Gasteiger partial charge in [0, 0.05) is 13.2 Å². The molecule has 1 atom stereocenters. The molecular formula is C16H25NO2. The van der Waals surface area contributed by atoms with Crippen LogP contribution in [0.5, 0.6) is 0 Å². The summed E-state index contributed by atoms with van der Waals surface area (Å²) in [5.74, 6) is 0.516. The van der Waals surface area contributed by atoms with Crippen LogP contribution >= 0.6 is 0 Å². The topological polar surface area (TPSA) is 49.3 Å². The van der Waals surface area contributed by atoms with Crippen LogP contribution in [-0.4, -0.2) is 24.2 Å². The van der Waals surface area contributed by atoms with Gasteiger partial charge in [0.05, 0.1) is 5.92 Å². The van der Waals surface area contributed by atoms with Gasteiger partial charge in [-0.25, -0.2) is 0 Å². The number of aliphatic hydroxyl groups excluding tert-OH is 1. The quantitative estimate of drug-likeness (QED) is 0.743. The van der Waals surface area contributed by atoms with Gasteiger partial charge in [0.15, 0.2) is 0 Å². The summed E-state index contributed by atoms with van der Waals surface area (Å²) in [6, 6.07) is 8.28. The molecule has 1 rings (SSSR count). The zero-order valence-electron chi connectivity index (χ0n) is 12.1. The number of nitrogens with one attached hydrogen (secondary N) is 1. The van der Waals surface area contributed by atoms with Gasteiger partial charge in [0.2, 0.25) is 5.91 Å². The van der Waals surface area contributed by atoms with Crippen molar-refractivity contribution in [3.8, 4) is 0 Å². The maximum Gasteiger partial charge on any atom is 0.227 e. The highest BCUT2D eigenvalue weighted by Gasteiger charge is 2.14. The van der Waals surface area contributed by atoms with Gasteiger partial charge >= 0.3 is 0 Å². The van der Waals surface area contributed by atoms with Crippen molar-refractivity contribution in [2.75, 3.05) is 13.2 Å². The summed E-state index contributed by atoms with van der Waals surface area (Å²) < 4.78 is 0. The molecule has 0 heterocycles. The van der Waals surface area contributed by atoms with Gasteiger partial charge in [-0.2, -0.15) is 0 Å². The Hall–Kier alpha value is -1.35. The number of carbonyl (C=O) groups is 1. The molecule has 0 saturated heterocycles. The molecule has 3 heteroatoms. The van der Waals surface area contributed by atoms with E-state index in [9.17, 15) is 4.79 Å². The molecule has 19 heavy (non-hydrogen) atoms. The second kappa shape index (κ2) is 7.95. The minimum atomic E-state index is -0.146. The molecule has 0 aromatic heterocycles. The van der Waals surface area contributed by atoms with Gasteiger partial charge in [0.1, 0.15) is 0 Å². The molecule has 1 amide bonds. The first-order chi connectivity index (χ1) is 9.04. The summed E-state index contributed by atoms with van der Waals surface area (Å²) in [4.78, 5) is 11.9. The van der Waals surface area contributed by atoms with E-state index in [2.05, 4.69) is 31.3 Å². The number of hydrogen-bond acceptors (Lipinski definition) is 2. The van der Waals surface area contributed by atoms with Crippen LogP contribution in [-0.2, 0) is 11.2 Å². The molecule has 1 aromatic carbocycles. The highest BCUT2D eigenvalue weighted by Crippen LogP contribution is 2.17. The highest BCUT2D eigenvalue weighted by atomic mass is 16.3. The minimum Gasteiger partial charge on any atom is -0.396 e. The highest BCUT2D eigenvalue weighted by molar-refractivity contribution is 5.83. The van der Waals surface area contributed by atoms with Gasteiger partial charge in [-0.1, -0.05) is 38.1 Å². The van der Waals surface area contributed by atoms with E-state index >= 15 is 0 Å². The smallest absolute Gasteiger partial charge is 0.227 e. The van der Waals surface area contributed by atoms with Crippen LogP contribution < -0.4 is 5.32 Å². The average Bonchev–Trinajstić information content (AvgIpc) is 2.38. The number of aliphatic hydroxyl groups is 1. The van der Waals surface area contributed by atoms with Crippen molar-refractivity contribution in [2.45, 2.75) is 39.5 Å². The molecule has 0 radical (unpaired) electrons. The van der Waals surface area contributed by atoms with Crippen molar-refractivity contribution in [3.05, 3.63) is 35.4 Å². The minimum absolute atomic E-state index is 0.0186. The Bertz CT molecular complexity index is 384. The predicted molar refractivity (Wildman–Crippen MR) is 78.1 cm³/mol. The first-order valence-corrected chi connectivity index (χ1v) is 7.02. The van der Waals surface area contributed by atoms with E-state index in [1.54, 1.807) is 0 Å². The Kier molecular flexibility index (Phi) is 6.57. The first kappa shape index (κ1) is 15.7. The molecule has 0 bridgehead atoms. The fraction of sp³-hybridized carbons (Fsp3) is 0.562. The van der Waals surface area contributed by atoms with Crippen LogP contribution in [0.4, 0.5) is 0 Å². The Balaban J connectivity index is 2.56. The third kappa shape index (κ3) is 5.43. The Morgan fingerprint density at radius 3 is 2.37 bits per heavy atom. The Labute approximate surface area is 116 Å². The second-order valence-electron chi connectivity index (χ2n) is 5.43. The van der Waals surface area contributed by atoms with E-state index in [0.717, 1.165) is 12.0 Å². The van der Waals surface area contributed by atoms with Gasteiger partial charge in [-0.05, 0) is 36.8 Å². The molecule has 3 nitrogen and oxygen atoms in total. The Morgan fingerprint density at radius 2 is 1.84 bits per heavy atom. The average molecular weight is 263 g/mol. The SMILES string of the molecule is CC(C)Cc1ccc(C(C)C(=O)NCCCO)cc1. The summed E-state index contributed by atoms with van der Waals surface area (Å²) in [7, 11) is 0. The van der Waals surface area contributed by atoms with Crippen LogP contribution in [0.3, 0.4) is 0 Å². The van der Waals surface area contributed by atoms with E-state index in [0.29, 0.717) is 18.9 Å². The van der Waals surface area contributed by atoms with Crippen LogP contribution in [0.25, 0.3) is 0 Å². The third-order valence-corrected chi connectivity index (χ3v) is 3.15. The third-order valence-electron chi connectivity index (χ3n) is 3.15. The molecule has 0 spiro atoms. The van der Waals surface area contributed by atoms with E-state index in [-0.39, 0.29) is 18.4 Å². The fourth-order valence-electron chi connectivity index (χ4n) is 2.01. The van der Waals surface area contributed by atoms with Crippen LogP contribution in [0.2, 0.25) is 0 Å². The number of amides is 1. The van der Waals surface area contributed by atoms with Gasteiger partial charge in [-0.3, -0.25) is 4.79 Å². The summed E-state index contributed by atoms with van der Waals surface area (Å²) >= 11 is 0. The molecule has 0 saturated carbocycles.